The number of benzene rings is 1. The maximum Gasteiger partial charge on any atom is 0.274 e. The number of aromatic nitrogens is 3. The topological polar surface area (TPSA) is 108 Å². The van der Waals surface area contributed by atoms with Gasteiger partial charge >= 0.3 is 0 Å². The summed E-state index contributed by atoms with van der Waals surface area (Å²) in [5.41, 5.74) is 2.99. The lowest BCUT2D eigenvalue weighted by atomic mass is 10.1. The van der Waals surface area contributed by atoms with Gasteiger partial charge in [0.05, 0.1) is 24.2 Å². The molecular formula is C28H32N4O5. The molecule has 1 unspecified atom stereocenters. The Morgan fingerprint density at radius 2 is 2.16 bits per heavy atom. The first-order chi connectivity index (χ1) is 18.2. The van der Waals surface area contributed by atoms with E-state index in [0.29, 0.717) is 37.0 Å². The largest absolute Gasteiger partial charge is 0.495 e. The van der Waals surface area contributed by atoms with Crippen LogP contribution in [0.3, 0.4) is 0 Å². The van der Waals surface area contributed by atoms with Crippen molar-refractivity contribution in [1.29, 1.82) is 0 Å². The minimum absolute atomic E-state index is 0.123. The zero-order chi connectivity index (χ0) is 25.9. The summed E-state index contributed by atoms with van der Waals surface area (Å²) in [5.74, 6) is 6.13. The van der Waals surface area contributed by atoms with E-state index in [1.54, 1.807) is 37.6 Å². The Balaban J connectivity index is 1.43. The second-order valence-electron chi connectivity index (χ2n) is 8.54. The second kappa shape index (κ2) is 13.6. The van der Waals surface area contributed by atoms with Gasteiger partial charge in [-0.25, -0.2) is 9.67 Å². The van der Waals surface area contributed by atoms with Crippen molar-refractivity contribution in [2.75, 3.05) is 38.9 Å². The van der Waals surface area contributed by atoms with Gasteiger partial charge in [-0.3, -0.25) is 4.79 Å². The van der Waals surface area contributed by atoms with Crippen LogP contribution in [0.25, 0.3) is 11.4 Å². The van der Waals surface area contributed by atoms with E-state index in [2.05, 4.69) is 27.2 Å². The Kier molecular flexibility index (Phi) is 9.66. The Morgan fingerprint density at radius 3 is 2.97 bits per heavy atom. The van der Waals surface area contributed by atoms with Gasteiger partial charge in [-0.15, -0.1) is 0 Å². The molecule has 1 fully saturated rings. The number of carbonyl (C=O) groups excluding carboxylic acids is 1. The lowest BCUT2D eigenvalue weighted by molar-refractivity contribution is -0.0384. The summed E-state index contributed by atoms with van der Waals surface area (Å²) in [6, 6.07) is 12.5. The number of aliphatic hydroxyl groups is 1. The van der Waals surface area contributed by atoms with Crippen LogP contribution in [0.15, 0.2) is 48.7 Å². The van der Waals surface area contributed by atoms with Crippen molar-refractivity contribution in [3.05, 3.63) is 59.9 Å². The van der Waals surface area contributed by atoms with E-state index in [4.69, 9.17) is 19.3 Å². The van der Waals surface area contributed by atoms with E-state index in [-0.39, 0.29) is 24.4 Å². The molecule has 4 rings (SSSR count). The average Bonchev–Trinajstić information content (AvgIpc) is 3.44. The average molecular weight is 505 g/mol. The number of amides is 1. The molecule has 3 aromatic rings. The number of nitrogens with one attached hydrogen (secondary N) is 1. The number of pyridine rings is 1. The van der Waals surface area contributed by atoms with E-state index >= 15 is 0 Å². The molecule has 0 aliphatic carbocycles. The molecule has 1 amide bonds. The van der Waals surface area contributed by atoms with Crippen molar-refractivity contribution in [3.8, 4) is 29.0 Å². The molecule has 0 radical (unpaired) electrons. The van der Waals surface area contributed by atoms with Crippen LogP contribution in [0.4, 0.5) is 5.69 Å². The minimum Gasteiger partial charge on any atom is -0.495 e. The Labute approximate surface area is 216 Å². The third kappa shape index (κ3) is 7.17. The van der Waals surface area contributed by atoms with Crippen LogP contribution in [0, 0.1) is 11.8 Å². The fourth-order valence-electron chi connectivity index (χ4n) is 4.00. The first kappa shape index (κ1) is 26.4. The van der Waals surface area contributed by atoms with Gasteiger partial charge in [0.1, 0.15) is 18.1 Å². The van der Waals surface area contributed by atoms with Crippen LogP contribution in [0.1, 0.15) is 54.4 Å². The Bertz CT molecular complexity index is 1240. The molecule has 1 aliphatic heterocycles. The first-order valence-corrected chi connectivity index (χ1v) is 12.5. The minimum atomic E-state index is -0.352. The van der Waals surface area contributed by atoms with Crippen LogP contribution in [-0.2, 0) is 9.47 Å². The lowest BCUT2D eigenvalue weighted by Gasteiger charge is -2.24. The number of nitrogens with zero attached hydrogens (tertiary/aromatic N) is 3. The highest BCUT2D eigenvalue weighted by Crippen LogP contribution is 2.28. The molecule has 0 bridgehead atoms. The highest BCUT2D eigenvalue weighted by atomic mass is 16.5. The van der Waals surface area contributed by atoms with E-state index in [9.17, 15) is 4.79 Å². The Hall–Kier alpha value is -3.71. The number of hydrogen-bond acceptors (Lipinski definition) is 7. The fraction of sp³-hybridized carbons (Fsp3) is 0.393. The molecule has 0 saturated carbocycles. The standard InChI is InChI=1S/C28H32N4O5/c1-35-26-20-21(8-7-18-36-17-5-3-16-33)12-13-23(26)31-28(34)24-10-6-9-22(30-24)25-14-15-29-32(25)27-11-2-4-19-37-27/h6,9-10,12-15,20,27,33H,2-5,11,16-19H2,1H3,(H,31,34). The fourth-order valence-corrected chi connectivity index (χ4v) is 4.00. The van der Waals surface area contributed by atoms with Crippen molar-refractivity contribution in [2.45, 2.75) is 38.3 Å². The molecule has 0 spiro atoms. The lowest BCUT2D eigenvalue weighted by Crippen LogP contribution is -2.20. The number of carbonyl (C=O) groups is 1. The molecular weight excluding hydrogens is 472 g/mol. The van der Waals surface area contributed by atoms with Crippen LogP contribution < -0.4 is 10.1 Å². The maximum atomic E-state index is 13.1. The van der Waals surface area contributed by atoms with E-state index in [1.165, 1.54) is 0 Å². The molecule has 1 saturated heterocycles. The van der Waals surface area contributed by atoms with Crippen molar-refractivity contribution < 1.29 is 24.1 Å². The number of hydrogen-bond donors (Lipinski definition) is 2. The van der Waals surface area contributed by atoms with Crippen molar-refractivity contribution in [2.24, 2.45) is 0 Å². The van der Waals surface area contributed by atoms with Crippen molar-refractivity contribution in [1.82, 2.24) is 14.8 Å². The van der Waals surface area contributed by atoms with Gasteiger partial charge in [-0.1, -0.05) is 17.9 Å². The molecule has 3 heterocycles. The van der Waals surface area contributed by atoms with Crippen molar-refractivity contribution in [3.63, 3.8) is 0 Å². The zero-order valence-electron chi connectivity index (χ0n) is 21.0. The summed E-state index contributed by atoms with van der Waals surface area (Å²) < 4.78 is 18.6. The molecule has 1 atom stereocenters. The molecule has 194 valence electrons. The summed E-state index contributed by atoms with van der Waals surface area (Å²) in [5, 5.41) is 16.1. The third-order valence-corrected chi connectivity index (χ3v) is 5.90. The number of anilines is 1. The van der Waals surface area contributed by atoms with Crippen LogP contribution in [-0.4, -0.2) is 59.3 Å². The highest BCUT2D eigenvalue weighted by molar-refractivity contribution is 6.04. The van der Waals surface area contributed by atoms with Gasteiger partial charge < -0.3 is 24.6 Å². The maximum absolute atomic E-state index is 13.1. The van der Waals surface area contributed by atoms with E-state index < -0.39 is 0 Å². The predicted molar refractivity (Wildman–Crippen MR) is 139 cm³/mol. The number of rotatable bonds is 10. The normalized spacial score (nSPS) is 15.0. The summed E-state index contributed by atoms with van der Waals surface area (Å²) in [4.78, 5) is 17.7. The predicted octanol–water partition coefficient (Wildman–Crippen LogP) is 4.05. The summed E-state index contributed by atoms with van der Waals surface area (Å²) >= 11 is 0. The van der Waals surface area contributed by atoms with Gasteiger partial charge in [-0.2, -0.15) is 5.10 Å². The summed E-state index contributed by atoms with van der Waals surface area (Å²) in [6.45, 7) is 1.75. The van der Waals surface area contributed by atoms with Crippen LogP contribution >= 0.6 is 0 Å². The van der Waals surface area contributed by atoms with Gasteiger partial charge in [0.2, 0.25) is 0 Å². The van der Waals surface area contributed by atoms with Gasteiger partial charge in [0.25, 0.3) is 5.91 Å². The van der Waals surface area contributed by atoms with Crippen molar-refractivity contribution >= 4 is 11.6 Å². The van der Waals surface area contributed by atoms with Crippen LogP contribution in [0.2, 0.25) is 0 Å². The zero-order valence-corrected chi connectivity index (χ0v) is 21.0. The van der Waals surface area contributed by atoms with Gasteiger partial charge in [-0.05, 0) is 68.5 Å². The quantitative estimate of drug-likeness (QED) is 0.317. The van der Waals surface area contributed by atoms with Crippen LogP contribution in [0.5, 0.6) is 5.75 Å². The highest BCUT2D eigenvalue weighted by Gasteiger charge is 2.21. The number of aliphatic hydroxyl groups excluding tert-OH is 1. The smallest absolute Gasteiger partial charge is 0.274 e. The number of methoxy groups -OCH3 is 1. The summed E-state index contributed by atoms with van der Waals surface area (Å²) in [7, 11) is 1.54. The number of unbranched alkanes of at least 4 members (excludes halogenated alkanes) is 1. The van der Waals surface area contributed by atoms with E-state index in [1.807, 2.05) is 22.9 Å². The third-order valence-electron chi connectivity index (χ3n) is 5.90. The monoisotopic (exact) mass is 504 g/mol. The molecule has 1 aromatic carbocycles. The molecule has 2 N–H and O–H groups in total. The molecule has 9 heteroatoms. The van der Waals surface area contributed by atoms with E-state index in [0.717, 1.165) is 43.4 Å². The number of ether oxygens (including phenoxy) is 3. The van der Waals surface area contributed by atoms with Gasteiger partial charge in [0, 0.05) is 31.6 Å². The van der Waals surface area contributed by atoms with Gasteiger partial charge in [0.15, 0.2) is 6.23 Å². The molecule has 2 aromatic heterocycles. The SMILES string of the molecule is COc1cc(C#CCOCCCCO)ccc1NC(=O)c1cccc(-c2ccnn2C2CCCCO2)n1. The Morgan fingerprint density at radius 1 is 1.24 bits per heavy atom. The first-order valence-electron chi connectivity index (χ1n) is 12.5. The molecule has 1 aliphatic rings. The molecule has 37 heavy (non-hydrogen) atoms. The summed E-state index contributed by atoms with van der Waals surface area (Å²) in [6.07, 6.45) is 6.16. The molecule has 9 nitrogen and oxygen atoms in total. The second-order valence-corrected chi connectivity index (χ2v) is 8.54.